The minimum Gasteiger partial charge on any atom is -0.483 e. The van der Waals surface area contributed by atoms with E-state index in [4.69, 9.17) is 27.3 Å². The lowest BCUT2D eigenvalue weighted by Crippen LogP contribution is -2.19. The zero-order chi connectivity index (χ0) is 14.5. The van der Waals surface area contributed by atoms with E-state index in [0.717, 1.165) is 0 Å². The summed E-state index contributed by atoms with van der Waals surface area (Å²) in [7, 11) is 0. The van der Waals surface area contributed by atoms with Gasteiger partial charge in [-0.3, -0.25) is 0 Å². The van der Waals surface area contributed by atoms with Gasteiger partial charge in [-0.05, 0) is 18.2 Å². The van der Waals surface area contributed by atoms with Crippen LogP contribution in [0.25, 0.3) is 0 Å². The maximum Gasteiger partial charge on any atom is 0.144 e. The molecule has 0 saturated heterocycles. The van der Waals surface area contributed by atoms with Crippen LogP contribution in [0.3, 0.4) is 0 Å². The topological polar surface area (TPSA) is 59.0 Å². The van der Waals surface area contributed by atoms with Crippen molar-refractivity contribution in [3.05, 3.63) is 64.4 Å². The van der Waals surface area contributed by atoms with E-state index in [2.05, 4.69) is 0 Å². The molecule has 1 unspecified atom stereocenters. The zero-order valence-corrected chi connectivity index (χ0v) is 11.3. The summed E-state index contributed by atoms with van der Waals surface area (Å²) in [4.78, 5) is 0. The van der Waals surface area contributed by atoms with Crippen molar-refractivity contribution in [3.8, 4) is 11.8 Å². The van der Waals surface area contributed by atoms with Gasteiger partial charge in [0.1, 0.15) is 29.3 Å². The lowest BCUT2D eigenvalue weighted by atomic mass is 10.1. The Bertz CT molecular complexity index is 655. The number of nitrogens with zero attached hydrogens (tertiary/aromatic N) is 1. The molecule has 20 heavy (non-hydrogen) atoms. The Morgan fingerprint density at radius 2 is 2.00 bits per heavy atom. The van der Waals surface area contributed by atoms with Crippen LogP contribution in [0.4, 0.5) is 4.39 Å². The zero-order valence-electron chi connectivity index (χ0n) is 10.5. The second kappa shape index (κ2) is 6.38. The van der Waals surface area contributed by atoms with Crippen LogP contribution in [-0.2, 0) is 0 Å². The minimum atomic E-state index is -0.625. The summed E-state index contributed by atoms with van der Waals surface area (Å²) < 4.78 is 19.2. The van der Waals surface area contributed by atoms with E-state index in [1.807, 2.05) is 6.07 Å². The van der Waals surface area contributed by atoms with Crippen molar-refractivity contribution in [3.63, 3.8) is 0 Å². The largest absolute Gasteiger partial charge is 0.483 e. The van der Waals surface area contributed by atoms with Crippen LogP contribution >= 0.6 is 11.6 Å². The van der Waals surface area contributed by atoms with Crippen LogP contribution in [0.5, 0.6) is 5.75 Å². The number of rotatable bonds is 4. The third kappa shape index (κ3) is 2.90. The molecule has 2 aromatic rings. The third-order valence-electron chi connectivity index (χ3n) is 2.82. The first-order valence-electron chi connectivity index (χ1n) is 5.97. The monoisotopic (exact) mass is 290 g/mol. The van der Waals surface area contributed by atoms with Gasteiger partial charge in [0, 0.05) is 17.1 Å². The van der Waals surface area contributed by atoms with Crippen molar-refractivity contribution in [2.75, 3.05) is 6.54 Å². The molecule has 1 atom stereocenters. The van der Waals surface area contributed by atoms with Crippen molar-refractivity contribution < 1.29 is 9.13 Å². The molecular weight excluding hydrogens is 279 g/mol. The minimum absolute atomic E-state index is 0.141. The molecule has 0 radical (unpaired) electrons. The number of nitrogens with two attached hydrogens (primary N) is 1. The smallest absolute Gasteiger partial charge is 0.144 e. The molecule has 0 saturated carbocycles. The molecule has 102 valence electrons. The van der Waals surface area contributed by atoms with E-state index >= 15 is 0 Å². The van der Waals surface area contributed by atoms with Gasteiger partial charge in [0.05, 0.1) is 0 Å². The average Bonchev–Trinajstić information content (AvgIpc) is 2.46. The van der Waals surface area contributed by atoms with Gasteiger partial charge in [0.25, 0.3) is 0 Å². The fourth-order valence-corrected chi connectivity index (χ4v) is 2.10. The maximum absolute atomic E-state index is 13.5. The van der Waals surface area contributed by atoms with Crippen molar-refractivity contribution in [2.45, 2.75) is 6.10 Å². The molecule has 2 N–H and O–H groups in total. The van der Waals surface area contributed by atoms with Crippen LogP contribution in [-0.4, -0.2) is 6.54 Å². The Morgan fingerprint density at radius 1 is 1.25 bits per heavy atom. The fourth-order valence-electron chi connectivity index (χ4n) is 1.84. The summed E-state index contributed by atoms with van der Waals surface area (Å²) in [6.45, 7) is 0.158. The molecule has 3 nitrogen and oxygen atoms in total. The van der Waals surface area contributed by atoms with Crippen LogP contribution in [0.2, 0.25) is 5.02 Å². The standard InChI is InChI=1S/C15H12ClFN2O/c16-12-5-2-1-4-10(12)15(9-19)20-14-7-3-6-13(17)11(14)8-18/h1-7,15H,9,19H2. The van der Waals surface area contributed by atoms with E-state index in [1.165, 1.54) is 18.2 Å². The lowest BCUT2D eigenvalue weighted by Gasteiger charge is -2.19. The molecule has 5 heteroatoms. The summed E-state index contributed by atoms with van der Waals surface area (Å²) in [6.07, 6.45) is -0.544. The van der Waals surface area contributed by atoms with Gasteiger partial charge in [-0.15, -0.1) is 0 Å². The summed E-state index contributed by atoms with van der Waals surface area (Å²) >= 11 is 6.09. The van der Waals surface area contributed by atoms with Crippen molar-refractivity contribution in [1.82, 2.24) is 0 Å². The molecule has 0 aliphatic rings. The molecule has 0 fully saturated rings. The van der Waals surface area contributed by atoms with Crippen molar-refractivity contribution >= 4 is 11.6 Å². The highest BCUT2D eigenvalue weighted by Gasteiger charge is 2.17. The van der Waals surface area contributed by atoms with Crippen LogP contribution in [0, 0.1) is 17.1 Å². The molecule has 0 aliphatic heterocycles. The molecule has 2 aromatic carbocycles. The van der Waals surface area contributed by atoms with Crippen LogP contribution in [0.15, 0.2) is 42.5 Å². The highest BCUT2D eigenvalue weighted by atomic mass is 35.5. The Balaban J connectivity index is 2.35. The molecule has 0 aromatic heterocycles. The van der Waals surface area contributed by atoms with Crippen LogP contribution in [0.1, 0.15) is 17.2 Å². The number of nitriles is 1. The number of hydrogen-bond donors (Lipinski definition) is 1. The third-order valence-corrected chi connectivity index (χ3v) is 3.17. The first-order chi connectivity index (χ1) is 9.67. The Labute approximate surface area is 121 Å². The van der Waals surface area contributed by atoms with E-state index in [9.17, 15) is 4.39 Å². The summed E-state index contributed by atoms with van der Waals surface area (Å²) in [5.41, 5.74) is 6.25. The fraction of sp³-hybridized carbons (Fsp3) is 0.133. The van der Waals surface area contributed by atoms with Gasteiger partial charge in [-0.2, -0.15) is 5.26 Å². The molecule has 0 heterocycles. The second-order valence-corrected chi connectivity index (χ2v) is 4.50. The lowest BCUT2D eigenvalue weighted by molar-refractivity contribution is 0.213. The maximum atomic E-state index is 13.5. The number of hydrogen-bond acceptors (Lipinski definition) is 3. The molecular formula is C15H12ClFN2O. The molecule has 0 spiro atoms. The predicted molar refractivity (Wildman–Crippen MR) is 75.0 cm³/mol. The highest BCUT2D eigenvalue weighted by Crippen LogP contribution is 2.29. The van der Waals surface area contributed by atoms with E-state index in [-0.39, 0.29) is 17.9 Å². The van der Waals surface area contributed by atoms with Gasteiger partial charge < -0.3 is 10.5 Å². The summed E-state index contributed by atoms with van der Waals surface area (Å²) in [5.74, 6) is -0.470. The predicted octanol–water partition coefficient (Wildman–Crippen LogP) is 3.43. The average molecular weight is 291 g/mol. The number of benzene rings is 2. The van der Waals surface area contributed by atoms with E-state index in [0.29, 0.717) is 10.6 Å². The van der Waals surface area contributed by atoms with Gasteiger partial charge in [-0.1, -0.05) is 35.9 Å². The normalized spacial score (nSPS) is 11.7. The summed E-state index contributed by atoms with van der Waals surface area (Å²) in [6, 6.07) is 13.1. The number of ether oxygens (including phenoxy) is 1. The molecule has 0 amide bonds. The Kier molecular flexibility index (Phi) is 4.57. The van der Waals surface area contributed by atoms with E-state index in [1.54, 1.807) is 24.3 Å². The molecule has 2 rings (SSSR count). The Morgan fingerprint density at radius 3 is 2.65 bits per heavy atom. The van der Waals surface area contributed by atoms with Gasteiger partial charge >= 0.3 is 0 Å². The van der Waals surface area contributed by atoms with Gasteiger partial charge in [0.2, 0.25) is 0 Å². The van der Waals surface area contributed by atoms with Crippen molar-refractivity contribution in [1.29, 1.82) is 5.26 Å². The highest BCUT2D eigenvalue weighted by molar-refractivity contribution is 6.31. The SMILES string of the molecule is N#Cc1c(F)cccc1OC(CN)c1ccccc1Cl. The molecule has 0 bridgehead atoms. The first kappa shape index (κ1) is 14.3. The molecule has 0 aliphatic carbocycles. The second-order valence-electron chi connectivity index (χ2n) is 4.09. The van der Waals surface area contributed by atoms with Gasteiger partial charge in [0.15, 0.2) is 0 Å². The quantitative estimate of drug-likeness (QED) is 0.938. The van der Waals surface area contributed by atoms with Crippen molar-refractivity contribution in [2.24, 2.45) is 5.73 Å². The summed E-state index contributed by atoms with van der Waals surface area (Å²) in [5, 5.41) is 9.49. The van der Waals surface area contributed by atoms with Crippen LogP contribution < -0.4 is 10.5 Å². The van der Waals surface area contributed by atoms with Gasteiger partial charge in [-0.25, -0.2) is 4.39 Å². The first-order valence-corrected chi connectivity index (χ1v) is 6.35. The number of halogens is 2. The van der Waals surface area contributed by atoms with E-state index < -0.39 is 11.9 Å². The Hall–Kier alpha value is -2.09.